The fourth-order valence-electron chi connectivity index (χ4n) is 2.01. The Balaban J connectivity index is 1.88. The van der Waals surface area contributed by atoms with Crippen molar-refractivity contribution in [1.82, 2.24) is 5.32 Å². The van der Waals surface area contributed by atoms with Gasteiger partial charge in [-0.05, 0) is 12.8 Å². The van der Waals surface area contributed by atoms with E-state index in [2.05, 4.69) is 5.32 Å². The Bertz CT molecular complexity index is 217. The van der Waals surface area contributed by atoms with E-state index >= 15 is 0 Å². The van der Waals surface area contributed by atoms with Crippen molar-refractivity contribution < 1.29 is 19.0 Å². The van der Waals surface area contributed by atoms with Gasteiger partial charge in [-0.1, -0.05) is 19.3 Å². The van der Waals surface area contributed by atoms with Gasteiger partial charge in [-0.15, -0.1) is 0 Å². The van der Waals surface area contributed by atoms with Crippen LogP contribution in [0.25, 0.3) is 0 Å². The SMILES string of the molecule is COCCOCC(=O)NCCOC1CCCCC1. The Kier molecular flexibility index (Phi) is 8.81. The van der Waals surface area contributed by atoms with Gasteiger partial charge < -0.3 is 19.5 Å². The van der Waals surface area contributed by atoms with E-state index in [1.165, 1.54) is 19.3 Å². The molecule has 18 heavy (non-hydrogen) atoms. The first-order chi connectivity index (χ1) is 8.83. The summed E-state index contributed by atoms with van der Waals surface area (Å²) in [6, 6.07) is 0. The van der Waals surface area contributed by atoms with Crippen LogP contribution in [0.2, 0.25) is 0 Å². The summed E-state index contributed by atoms with van der Waals surface area (Å²) < 4.78 is 15.6. The number of rotatable bonds is 9. The van der Waals surface area contributed by atoms with E-state index in [0.717, 1.165) is 12.8 Å². The molecule has 0 saturated heterocycles. The molecular weight excluding hydrogens is 234 g/mol. The van der Waals surface area contributed by atoms with Crippen molar-refractivity contribution in [2.45, 2.75) is 38.2 Å². The molecule has 0 aromatic rings. The van der Waals surface area contributed by atoms with Gasteiger partial charge in [0.05, 0.1) is 25.9 Å². The molecule has 106 valence electrons. The third-order valence-electron chi connectivity index (χ3n) is 2.99. The third-order valence-corrected chi connectivity index (χ3v) is 2.99. The molecule has 0 aromatic carbocycles. The summed E-state index contributed by atoms with van der Waals surface area (Å²) in [6.45, 7) is 2.20. The van der Waals surface area contributed by atoms with Crippen LogP contribution < -0.4 is 5.32 Å². The lowest BCUT2D eigenvalue weighted by Crippen LogP contribution is -2.32. The van der Waals surface area contributed by atoms with Crippen LogP contribution in [0.5, 0.6) is 0 Å². The first-order valence-electron chi connectivity index (χ1n) is 6.78. The quantitative estimate of drug-likeness (QED) is 0.630. The van der Waals surface area contributed by atoms with E-state index in [0.29, 0.717) is 32.5 Å². The summed E-state index contributed by atoms with van der Waals surface area (Å²) in [6.07, 6.45) is 6.58. The lowest BCUT2D eigenvalue weighted by molar-refractivity contribution is -0.126. The average molecular weight is 259 g/mol. The maximum atomic E-state index is 11.3. The van der Waals surface area contributed by atoms with Crippen LogP contribution in [-0.4, -0.2) is 52.1 Å². The Morgan fingerprint density at radius 2 is 1.94 bits per heavy atom. The van der Waals surface area contributed by atoms with Gasteiger partial charge in [0.1, 0.15) is 6.61 Å². The van der Waals surface area contributed by atoms with Crippen LogP contribution in [0.3, 0.4) is 0 Å². The molecule has 5 heteroatoms. The smallest absolute Gasteiger partial charge is 0.246 e. The molecule has 0 aromatic heterocycles. The molecule has 1 aliphatic rings. The highest BCUT2D eigenvalue weighted by Gasteiger charge is 2.13. The number of amides is 1. The van der Waals surface area contributed by atoms with E-state index in [9.17, 15) is 4.79 Å². The molecule has 1 N–H and O–H groups in total. The van der Waals surface area contributed by atoms with Crippen molar-refractivity contribution in [3.63, 3.8) is 0 Å². The number of methoxy groups -OCH3 is 1. The number of nitrogens with one attached hydrogen (secondary N) is 1. The number of ether oxygens (including phenoxy) is 3. The summed E-state index contributed by atoms with van der Waals surface area (Å²) >= 11 is 0. The summed E-state index contributed by atoms with van der Waals surface area (Å²) in [5.74, 6) is -0.0988. The highest BCUT2D eigenvalue weighted by molar-refractivity contribution is 5.77. The highest BCUT2D eigenvalue weighted by Crippen LogP contribution is 2.19. The average Bonchev–Trinajstić information content (AvgIpc) is 2.41. The Labute approximate surface area is 109 Å². The number of hydrogen-bond donors (Lipinski definition) is 1. The van der Waals surface area contributed by atoms with Gasteiger partial charge in [0.2, 0.25) is 5.91 Å². The van der Waals surface area contributed by atoms with Gasteiger partial charge in [0, 0.05) is 13.7 Å². The largest absolute Gasteiger partial charge is 0.382 e. The minimum Gasteiger partial charge on any atom is -0.382 e. The summed E-state index contributed by atoms with van der Waals surface area (Å²) in [7, 11) is 1.60. The molecule has 0 unspecified atom stereocenters. The van der Waals surface area contributed by atoms with Crippen LogP contribution in [0.1, 0.15) is 32.1 Å². The molecule has 1 saturated carbocycles. The maximum Gasteiger partial charge on any atom is 0.246 e. The molecule has 0 heterocycles. The topological polar surface area (TPSA) is 56.8 Å². The molecule has 1 fully saturated rings. The Morgan fingerprint density at radius 3 is 2.67 bits per heavy atom. The minimum absolute atomic E-state index is 0.0901. The minimum atomic E-state index is -0.0988. The number of carbonyl (C=O) groups is 1. The zero-order valence-corrected chi connectivity index (χ0v) is 11.3. The molecule has 0 radical (unpaired) electrons. The van der Waals surface area contributed by atoms with Crippen LogP contribution in [0.4, 0.5) is 0 Å². The van der Waals surface area contributed by atoms with Gasteiger partial charge in [-0.3, -0.25) is 4.79 Å². The van der Waals surface area contributed by atoms with Crippen LogP contribution in [0.15, 0.2) is 0 Å². The van der Waals surface area contributed by atoms with Gasteiger partial charge in [0.15, 0.2) is 0 Å². The molecule has 0 atom stereocenters. The predicted octanol–water partition coefficient (Wildman–Crippen LogP) is 1.11. The standard InChI is InChI=1S/C13H25NO4/c1-16-9-10-17-11-13(15)14-7-8-18-12-5-3-2-4-6-12/h12H,2-11H2,1H3,(H,14,15). The molecule has 5 nitrogen and oxygen atoms in total. The van der Waals surface area contributed by atoms with Gasteiger partial charge in [0.25, 0.3) is 0 Å². The van der Waals surface area contributed by atoms with Crippen molar-refractivity contribution >= 4 is 5.91 Å². The molecule has 0 aliphatic heterocycles. The van der Waals surface area contributed by atoms with Crippen molar-refractivity contribution in [2.24, 2.45) is 0 Å². The Hall–Kier alpha value is -0.650. The third kappa shape index (κ3) is 7.63. The maximum absolute atomic E-state index is 11.3. The molecule has 0 bridgehead atoms. The van der Waals surface area contributed by atoms with Crippen molar-refractivity contribution in [3.8, 4) is 0 Å². The summed E-state index contributed by atoms with van der Waals surface area (Å²) in [5, 5.41) is 2.77. The lowest BCUT2D eigenvalue weighted by atomic mass is 9.98. The van der Waals surface area contributed by atoms with E-state index < -0.39 is 0 Å². The van der Waals surface area contributed by atoms with Gasteiger partial charge in [-0.2, -0.15) is 0 Å². The first kappa shape index (κ1) is 15.4. The zero-order chi connectivity index (χ0) is 13.1. The molecular formula is C13H25NO4. The van der Waals surface area contributed by atoms with Crippen LogP contribution >= 0.6 is 0 Å². The van der Waals surface area contributed by atoms with Crippen LogP contribution in [0, 0.1) is 0 Å². The zero-order valence-electron chi connectivity index (χ0n) is 11.3. The van der Waals surface area contributed by atoms with E-state index in [-0.39, 0.29) is 12.5 Å². The molecule has 1 aliphatic carbocycles. The lowest BCUT2D eigenvalue weighted by Gasteiger charge is -2.21. The van der Waals surface area contributed by atoms with E-state index in [1.807, 2.05) is 0 Å². The van der Waals surface area contributed by atoms with E-state index in [1.54, 1.807) is 7.11 Å². The second-order valence-corrected chi connectivity index (χ2v) is 4.53. The first-order valence-corrected chi connectivity index (χ1v) is 6.78. The van der Waals surface area contributed by atoms with E-state index in [4.69, 9.17) is 14.2 Å². The van der Waals surface area contributed by atoms with Crippen molar-refractivity contribution in [3.05, 3.63) is 0 Å². The summed E-state index contributed by atoms with van der Waals surface area (Å²) in [5.41, 5.74) is 0. The second-order valence-electron chi connectivity index (χ2n) is 4.53. The fraction of sp³-hybridized carbons (Fsp3) is 0.923. The molecule has 1 rings (SSSR count). The second kappa shape index (κ2) is 10.3. The molecule has 1 amide bonds. The normalized spacial score (nSPS) is 16.7. The fourth-order valence-corrected chi connectivity index (χ4v) is 2.01. The monoisotopic (exact) mass is 259 g/mol. The van der Waals surface area contributed by atoms with Crippen molar-refractivity contribution in [2.75, 3.05) is 40.1 Å². The summed E-state index contributed by atoms with van der Waals surface area (Å²) in [4.78, 5) is 11.3. The van der Waals surface area contributed by atoms with Gasteiger partial charge >= 0.3 is 0 Å². The number of carbonyl (C=O) groups excluding carboxylic acids is 1. The van der Waals surface area contributed by atoms with Crippen LogP contribution in [-0.2, 0) is 19.0 Å². The molecule has 0 spiro atoms. The Morgan fingerprint density at radius 1 is 1.17 bits per heavy atom. The predicted molar refractivity (Wildman–Crippen MR) is 68.5 cm³/mol. The van der Waals surface area contributed by atoms with Gasteiger partial charge in [-0.25, -0.2) is 0 Å². The van der Waals surface area contributed by atoms with Crippen molar-refractivity contribution in [1.29, 1.82) is 0 Å². The number of hydrogen-bond acceptors (Lipinski definition) is 4. The highest BCUT2D eigenvalue weighted by atomic mass is 16.5.